The molecule has 0 aliphatic rings. The zero-order chi connectivity index (χ0) is 19.2. The second-order valence-electron chi connectivity index (χ2n) is 5.99. The fourth-order valence-corrected chi connectivity index (χ4v) is 2.79. The second kappa shape index (κ2) is 8.14. The van der Waals surface area contributed by atoms with E-state index in [-0.39, 0.29) is 11.6 Å². The number of carbonyl (C=O) groups excluding carboxylic acids is 1. The number of anilines is 1. The van der Waals surface area contributed by atoms with Gasteiger partial charge in [0, 0.05) is 25.2 Å². The topological polar surface area (TPSA) is 84.3 Å². The molecule has 6 heteroatoms. The maximum Gasteiger partial charge on any atom is 0.292 e. The van der Waals surface area contributed by atoms with Crippen LogP contribution in [0.25, 0.3) is 11.1 Å². The summed E-state index contributed by atoms with van der Waals surface area (Å²) in [7, 11) is 1.58. The summed E-state index contributed by atoms with van der Waals surface area (Å²) in [5.74, 6) is -0.179. The van der Waals surface area contributed by atoms with E-state index < -0.39 is 4.92 Å². The van der Waals surface area contributed by atoms with E-state index in [1.165, 1.54) is 6.07 Å². The smallest absolute Gasteiger partial charge is 0.292 e. The Bertz CT molecular complexity index is 971. The lowest BCUT2D eigenvalue weighted by atomic mass is 10.0. The summed E-state index contributed by atoms with van der Waals surface area (Å²) < 4.78 is 0. The quantitative estimate of drug-likeness (QED) is 0.508. The molecule has 27 heavy (non-hydrogen) atoms. The third-order valence-corrected chi connectivity index (χ3v) is 4.20. The lowest BCUT2D eigenvalue weighted by Gasteiger charge is -2.10. The SMILES string of the molecule is CNC(=O)c1cccc(-c2ccc([N+](=O)[O-])c(NCc3ccccc3)c2)c1. The molecule has 0 bridgehead atoms. The monoisotopic (exact) mass is 361 g/mol. The van der Waals surface area contributed by atoms with Gasteiger partial charge in [-0.25, -0.2) is 0 Å². The van der Waals surface area contributed by atoms with Crippen LogP contribution >= 0.6 is 0 Å². The Morgan fingerprint density at radius 1 is 0.963 bits per heavy atom. The lowest BCUT2D eigenvalue weighted by Crippen LogP contribution is -2.17. The molecule has 0 heterocycles. The Morgan fingerprint density at radius 2 is 1.70 bits per heavy atom. The van der Waals surface area contributed by atoms with Crippen LogP contribution in [0.3, 0.4) is 0 Å². The van der Waals surface area contributed by atoms with Crippen LogP contribution in [0.2, 0.25) is 0 Å². The lowest BCUT2D eigenvalue weighted by molar-refractivity contribution is -0.384. The van der Waals surface area contributed by atoms with Gasteiger partial charge >= 0.3 is 0 Å². The minimum atomic E-state index is -0.405. The van der Waals surface area contributed by atoms with Gasteiger partial charge in [-0.1, -0.05) is 42.5 Å². The van der Waals surface area contributed by atoms with Gasteiger partial charge in [-0.05, 0) is 41.0 Å². The van der Waals surface area contributed by atoms with Crippen LogP contribution in [0.15, 0.2) is 72.8 Å². The van der Waals surface area contributed by atoms with Gasteiger partial charge in [0.15, 0.2) is 0 Å². The highest BCUT2D eigenvalue weighted by atomic mass is 16.6. The molecule has 0 saturated carbocycles. The maximum absolute atomic E-state index is 11.9. The van der Waals surface area contributed by atoms with Crippen molar-refractivity contribution in [2.45, 2.75) is 6.54 Å². The summed E-state index contributed by atoms with van der Waals surface area (Å²) in [5, 5.41) is 17.1. The largest absolute Gasteiger partial charge is 0.375 e. The number of hydrogen-bond acceptors (Lipinski definition) is 4. The predicted molar refractivity (Wildman–Crippen MR) is 106 cm³/mol. The molecular formula is C21H19N3O3. The first kappa shape index (κ1) is 18.1. The van der Waals surface area contributed by atoms with Gasteiger partial charge in [-0.15, -0.1) is 0 Å². The van der Waals surface area contributed by atoms with E-state index in [4.69, 9.17) is 0 Å². The average Bonchev–Trinajstić information content (AvgIpc) is 2.72. The number of hydrogen-bond donors (Lipinski definition) is 2. The van der Waals surface area contributed by atoms with Gasteiger partial charge < -0.3 is 10.6 Å². The molecule has 136 valence electrons. The summed E-state index contributed by atoms with van der Waals surface area (Å²) in [5.41, 5.74) is 3.62. The first-order chi connectivity index (χ1) is 13.1. The van der Waals surface area contributed by atoms with Crippen molar-refractivity contribution < 1.29 is 9.72 Å². The number of nitrogens with zero attached hydrogens (tertiary/aromatic N) is 1. The molecule has 1 amide bonds. The van der Waals surface area contributed by atoms with E-state index in [1.807, 2.05) is 36.4 Å². The number of benzene rings is 3. The van der Waals surface area contributed by atoms with Crippen molar-refractivity contribution in [3.63, 3.8) is 0 Å². The fourth-order valence-electron chi connectivity index (χ4n) is 2.79. The minimum absolute atomic E-state index is 0.0112. The highest BCUT2D eigenvalue weighted by Crippen LogP contribution is 2.31. The van der Waals surface area contributed by atoms with E-state index in [1.54, 1.807) is 37.4 Å². The third-order valence-electron chi connectivity index (χ3n) is 4.20. The first-order valence-electron chi connectivity index (χ1n) is 8.47. The van der Waals surface area contributed by atoms with Gasteiger partial charge in [-0.3, -0.25) is 14.9 Å². The Morgan fingerprint density at radius 3 is 2.41 bits per heavy atom. The minimum Gasteiger partial charge on any atom is -0.375 e. The molecule has 3 aromatic carbocycles. The molecule has 2 N–H and O–H groups in total. The van der Waals surface area contributed by atoms with Crippen molar-refractivity contribution in [1.29, 1.82) is 0 Å². The van der Waals surface area contributed by atoms with Gasteiger partial charge in [0.25, 0.3) is 11.6 Å². The Kier molecular flexibility index (Phi) is 5.47. The Labute approximate surface area is 157 Å². The van der Waals surface area contributed by atoms with Crippen LogP contribution in [0.1, 0.15) is 15.9 Å². The van der Waals surface area contributed by atoms with Crippen LogP contribution in [0, 0.1) is 10.1 Å². The molecule has 0 radical (unpaired) electrons. The first-order valence-corrected chi connectivity index (χ1v) is 8.47. The fraction of sp³-hybridized carbons (Fsp3) is 0.0952. The molecule has 0 saturated heterocycles. The summed E-state index contributed by atoms with van der Waals surface area (Å²) in [6.07, 6.45) is 0. The third kappa shape index (κ3) is 4.30. The molecule has 0 spiro atoms. The zero-order valence-electron chi connectivity index (χ0n) is 14.8. The van der Waals surface area contributed by atoms with Crippen molar-refractivity contribution in [3.8, 4) is 11.1 Å². The second-order valence-corrected chi connectivity index (χ2v) is 5.99. The number of nitro benzene ring substituents is 1. The molecule has 6 nitrogen and oxygen atoms in total. The number of amides is 1. The van der Waals surface area contributed by atoms with E-state index in [0.717, 1.165) is 16.7 Å². The summed E-state index contributed by atoms with van der Waals surface area (Å²) in [4.78, 5) is 22.8. The van der Waals surface area contributed by atoms with Crippen LogP contribution < -0.4 is 10.6 Å². The molecule has 3 rings (SSSR count). The standard InChI is InChI=1S/C21H19N3O3/c1-22-21(25)18-9-5-8-16(12-18)17-10-11-20(24(26)27)19(13-17)23-14-15-6-3-2-4-7-15/h2-13,23H,14H2,1H3,(H,22,25). The van der Waals surface area contributed by atoms with E-state index in [0.29, 0.717) is 17.8 Å². The summed E-state index contributed by atoms with van der Waals surface area (Å²) in [6.45, 7) is 0.476. The molecule has 0 fully saturated rings. The molecule has 0 aliphatic heterocycles. The zero-order valence-corrected chi connectivity index (χ0v) is 14.8. The predicted octanol–water partition coefficient (Wildman–Crippen LogP) is 4.23. The maximum atomic E-state index is 11.9. The van der Waals surface area contributed by atoms with Crippen LogP contribution in [0.4, 0.5) is 11.4 Å². The highest BCUT2D eigenvalue weighted by molar-refractivity contribution is 5.95. The van der Waals surface area contributed by atoms with Crippen molar-refractivity contribution >= 4 is 17.3 Å². The van der Waals surface area contributed by atoms with Gasteiger partial charge in [0.1, 0.15) is 5.69 Å². The molecule has 3 aromatic rings. The molecule has 0 unspecified atom stereocenters. The van der Waals surface area contributed by atoms with E-state index >= 15 is 0 Å². The molecular weight excluding hydrogens is 342 g/mol. The van der Waals surface area contributed by atoms with Gasteiger partial charge in [0.2, 0.25) is 0 Å². The van der Waals surface area contributed by atoms with Crippen LogP contribution in [-0.2, 0) is 6.54 Å². The van der Waals surface area contributed by atoms with Crippen molar-refractivity contribution in [2.24, 2.45) is 0 Å². The number of rotatable bonds is 6. The summed E-state index contributed by atoms with van der Waals surface area (Å²) in [6, 6.07) is 21.7. The van der Waals surface area contributed by atoms with Crippen LogP contribution in [0.5, 0.6) is 0 Å². The Balaban J connectivity index is 1.93. The molecule has 0 aromatic heterocycles. The normalized spacial score (nSPS) is 10.3. The van der Waals surface area contributed by atoms with Crippen molar-refractivity contribution in [2.75, 3.05) is 12.4 Å². The summed E-state index contributed by atoms with van der Waals surface area (Å²) >= 11 is 0. The van der Waals surface area contributed by atoms with E-state index in [2.05, 4.69) is 10.6 Å². The highest BCUT2D eigenvalue weighted by Gasteiger charge is 2.15. The number of carbonyl (C=O) groups is 1. The number of nitro groups is 1. The molecule has 0 atom stereocenters. The molecule has 0 aliphatic carbocycles. The average molecular weight is 361 g/mol. The van der Waals surface area contributed by atoms with E-state index in [9.17, 15) is 14.9 Å². The van der Waals surface area contributed by atoms with Crippen LogP contribution in [-0.4, -0.2) is 17.9 Å². The Hall–Kier alpha value is -3.67. The van der Waals surface area contributed by atoms with Gasteiger partial charge in [-0.2, -0.15) is 0 Å². The number of nitrogens with one attached hydrogen (secondary N) is 2. The van der Waals surface area contributed by atoms with Gasteiger partial charge in [0.05, 0.1) is 4.92 Å². The van der Waals surface area contributed by atoms with Crippen molar-refractivity contribution in [1.82, 2.24) is 5.32 Å². The van der Waals surface area contributed by atoms with Crippen molar-refractivity contribution in [3.05, 3.63) is 94.0 Å².